The second-order valence-electron chi connectivity index (χ2n) is 2.62. The van der Waals surface area contributed by atoms with Gasteiger partial charge < -0.3 is 11.5 Å². The summed E-state index contributed by atoms with van der Waals surface area (Å²) in [6.07, 6.45) is 1.61. The van der Waals surface area contributed by atoms with Crippen LogP contribution in [0.4, 0.5) is 0 Å². The predicted octanol–water partition coefficient (Wildman–Crippen LogP) is 1.18. The van der Waals surface area contributed by atoms with Crippen LogP contribution in [0.15, 0.2) is 23.3 Å². The van der Waals surface area contributed by atoms with Crippen molar-refractivity contribution in [2.45, 2.75) is 5.75 Å². The van der Waals surface area contributed by atoms with Crippen LogP contribution < -0.4 is 11.5 Å². The minimum atomic E-state index is -0.111. The molecule has 0 fully saturated rings. The average Bonchev–Trinajstić information content (AvgIpc) is 2.14. The smallest absolute Gasteiger partial charge is 0.193 e. The molecule has 0 atom stereocenters. The molecule has 0 aromatic carbocycles. The Morgan fingerprint density at radius 2 is 2.33 bits per heavy atom. The second-order valence-corrected chi connectivity index (χ2v) is 3.97. The zero-order valence-electron chi connectivity index (χ0n) is 7.77. The van der Waals surface area contributed by atoms with Crippen molar-refractivity contribution in [2.75, 3.05) is 0 Å². The molecule has 5 nitrogen and oxygen atoms in total. The fourth-order valence-corrected chi connectivity index (χ4v) is 1.68. The highest BCUT2D eigenvalue weighted by molar-refractivity contribution is 8.13. The SMILES string of the molecule is N=C(N=C(N)N)SCc1ccnc(Cl)c1. The number of halogens is 1. The zero-order valence-corrected chi connectivity index (χ0v) is 9.35. The van der Waals surface area contributed by atoms with E-state index < -0.39 is 0 Å². The molecule has 0 amide bonds. The summed E-state index contributed by atoms with van der Waals surface area (Å²) in [5.41, 5.74) is 11.2. The zero-order chi connectivity index (χ0) is 11.3. The summed E-state index contributed by atoms with van der Waals surface area (Å²) in [5, 5.41) is 7.89. The highest BCUT2D eigenvalue weighted by Crippen LogP contribution is 2.15. The average molecular weight is 244 g/mol. The number of guanidine groups is 1. The number of pyridine rings is 1. The molecule has 5 N–H and O–H groups in total. The van der Waals surface area contributed by atoms with Gasteiger partial charge in [0.15, 0.2) is 11.1 Å². The van der Waals surface area contributed by atoms with Gasteiger partial charge >= 0.3 is 0 Å². The van der Waals surface area contributed by atoms with E-state index in [4.69, 9.17) is 28.5 Å². The van der Waals surface area contributed by atoms with Gasteiger partial charge in [-0.1, -0.05) is 23.4 Å². The van der Waals surface area contributed by atoms with E-state index in [-0.39, 0.29) is 11.1 Å². The number of nitrogens with two attached hydrogens (primary N) is 2. The molecule has 1 rings (SSSR count). The minimum absolute atomic E-state index is 0.0722. The molecule has 1 heterocycles. The van der Waals surface area contributed by atoms with Crippen molar-refractivity contribution in [1.82, 2.24) is 4.98 Å². The number of aromatic nitrogens is 1. The Morgan fingerprint density at radius 3 is 2.93 bits per heavy atom. The maximum Gasteiger partial charge on any atom is 0.193 e. The molecule has 7 heteroatoms. The van der Waals surface area contributed by atoms with Crippen molar-refractivity contribution in [3.63, 3.8) is 0 Å². The molecule has 1 aromatic rings. The van der Waals surface area contributed by atoms with E-state index in [1.165, 1.54) is 11.8 Å². The first-order valence-electron chi connectivity index (χ1n) is 3.99. The first-order chi connectivity index (χ1) is 7.08. The van der Waals surface area contributed by atoms with Crippen molar-refractivity contribution >= 4 is 34.5 Å². The Labute approximate surface area is 96.4 Å². The van der Waals surface area contributed by atoms with Gasteiger partial charge in [-0.3, -0.25) is 5.41 Å². The Kier molecular flexibility index (Phi) is 4.38. The molecule has 0 unspecified atom stereocenters. The van der Waals surface area contributed by atoms with Gasteiger partial charge in [0.2, 0.25) is 0 Å². The van der Waals surface area contributed by atoms with E-state index in [9.17, 15) is 0 Å². The van der Waals surface area contributed by atoms with E-state index in [1.807, 2.05) is 6.07 Å². The third-order valence-corrected chi connectivity index (χ3v) is 2.45. The Balaban J connectivity index is 2.51. The first-order valence-corrected chi connectivity index (χ1v) is 5.35. The third kappa shape index (κ3) is 4.66. The van der Waals surface area contributed by atoms with E-state index in [1.54, 1.807) is 12.3 Å². The van der Waals surface area contributed by atoms with Crippen LogP contribution in [0, 0.1) is 5.41 Å². The monoisotopic (exact) mass is 243 g/mol. The molecular weight excluding hydrogens is 234 g/mol. The van der Waals surface area contributed by atoms with Crippen LogP contribution in [-0.4, -0.2) is 16.1 Å². The molecule has 80 valence electrons. The summed E-state index contributed by atoms with van der Waals surface area (Å²) in [7, 11) is 0. The summed E-state index contributed by atoms with van der Waals surface area (Å²) in [5.74, 6) is 0.470. The number of nitrogens with zero attached hydrogens (tertiary/aromatic N) is 2. The number of amidine groups is 1. The summed E-state index contributed by atoms with van der Waals surface area (Å²) in [4.78, 5) is 7.44. The summed E-state index contributed by atoms with van der Waals surface area (Å²) in [6, 6.07) is 3.55. The molecule has 0 aliphatic heterocycles. The number of hydrogen-bond acceptors (Lipinski definition) is 3. The Morgan fingerprint density at radius 1 is 1.60 bits per heavy atom. The second kappa shape index (κ2) is 5.57. The van der Waals surface area contributed by atoms with Crippen LogP contribution in [0.1, 0.15) is 5.56 Å². The lowest BCUT2D eigenvalue weighted by Gasteiger charge is -2.00. The van der Waals surface area contributed by atoms with Gasteiger partial charge in [0, 0.05) is 11.9 Å². The molecule has 0 aliphatic rings. The lowest BCUT2D eigenvalue weighted by Crippen LogP contribution is -2.23. The number of hydrogen-bond donors (Lipinski definition) is 3. The highest BCUT2D eigenvalue weighted by Gasteiger charge is 1.99. The molecule has 0 saturated heterocycles. The van der Waals surface area contributed by atoms with Crippen molar-refractivity contribution in [3.05, 3.63) is 29.0 Å². The van der Waals surface area contributed by atoms with E-state index in [0.29, 0.717) is 10.9 Å². The van der Waals surface area contributed by atoms with Crippen LogP contribution >= 0.6 is 23.4 Å². The Bertz CT molecular complexity index is 388. The first kappa shape index (κ1) is 11.8. The molecule has 0 saturated carbocycles. The van der Waals surface area contributed by atoms with Crippen molar-refractivity contribution < 1.29 is 0 Å². The summed E-state index contributed by atoms with van der Waals surface area (Å²) >= 11 is 6.92. The van der Waals surface area contributed by atoms with Crippen molar-refractivity contribution in [3.8, 4) is 0 Å². The minimum Gasteiger partial charge on any atom is -0.370 e. The maximum atomic E-state index is 7.39. The number of aliphatic imine (C=N–C) groups is 1. The summed E-state index contributed by atoms with van der Waals surface area (Å²) < 4.78 is 0. The fourth-order valence-electron chi connectivity index (χ4n) is 0.834. The number of nitrogens with one attached hydrogen (secondary N) is 1. The molecule has 0 aliphatic carbocycles. The number of thioether (sulfide) groups is 1. The van der Waals surface area contributed by atoms with Crippen molar-refractivity contribution in [2.24, 2.45) is 16.5 Å². The molecular formula is C8H10ClN5S. The van der Waals surface area contributed by atoms with Gasteiger partial charge in [0.05, 0.1) is 0 Å². The van der Waals surface area contributed by atoms with E-state index in [0.717, 1.165) is 5.56 Å². The largest absolute Gasteiger partial charge is 0.370 e. The van der Waals surface area contributed by atoms with Gasteiger partial charge in [-0.25, -0.2) is 4.98 Å². The highest BCUT2D eigenvalue weighted by atomic mass is 35.5. The van der Waals surface area contributed by atoms with Crippen LogP contribution in [-0.2, 0) is 5.75 Å². The van der Waals surface area contributed by atoms with Crippen LogP contribution in [0.3, 0.4) is 0 Å². The third-order valence-electron chi connectivity index (χ3n) is 1.40. The van der Waals surface area contributed by atoms with Gasteiger partial charge in [0.25, 0.3) is 0 Å². The molecule has 0 spiro atoms. The van der Waals surface area contributed by atoms with E-state index >= 15 is 0 Å². The van der Waals surface area contributed by atoms with Crippen LogP contribution in [0.2, 0.25) is 5.15 Å². The lowest BCUT2D eigenvalue weighted by atomic mass is 10.3. The topological polar surface area (TPSA) is 101 Å². The lowest BCUT2D eigenvalue weighted by molar-refractivity contribution is 1.27. The molecule has 1 aromatic heterocycles. The van der Waals surface area contributed by atoms with Gasteiger partial charge in [-0.05, 0) is 17.7 Å². The van der Waals surface area contributed by atoms with Crippen molar-refractivity contribution in [1.29, 1.82) is 5.41 Å². The molecule has 0 radical (unpaired) electrons. The quantitative estimate of drug-likeness (QED) is 0.412. The van der Waals surface area contributed by atoms with Crippen LogP contribution in [0.25, 0.3) is 0 Å². The van der Waals surface area contributed by atoms with E-state index in [2.05, 4.69) is 9.98 Å². The van der Waals surface area contributed by atoms with Crippen LogP contribution in [0.5, 0.6) is 0 Å². The molecule has 15 heavy (non-hydrogen) atoms. The van der Waals surface area contributed by atoms with Gasteiger partial charge in [-0.2, -0.15) is 4.99 Å². The predicted molar refractivity (Wildman–Crippen MR) is 64.1 cm³/mol. The fraction of sp³-hybridized carbons (Fsp3) is 0.125. The number of rotatable bonds is 2. The Hall–Kier alpha value is -1.27. The normalized spacial score (nSPS) is 9.67. The standard InChI is InChI=1S/C8H10ClN5S/c9-6-3-5(1-2-13-6)4-15-8(12)14-7(10)11/h1-3H,4H2,(H5,10,11,12,14). The maximum absolute atomic E-state index is 7.39. The van der Waals surface area contributed by atoms with Gasteiger partial charge in [-0.15, -0.1) is 0 Å². The molecule has 0 bridgehead atoms. The van der Waals surface area contributed by atoms with Gasteiger partial charge in [0.1, 0.15) is 5.15 Å². The summed E-state index contributed by atoms with van der Waals surface area (Å²) in [6.45, 7) is 0.